The van der Waals surface area contributed by atoms with Crippen molar-refractivity contribution in [3.8, 4) is 22.3 Å². The zero-order valence-electron chi connectivity index (χ0n) is 16.5. The standard InChI is InChI=1S/C30H20/c1-3-11-25-21(8-1)10-7-15-26(25)22-16-18-23(19-17-22)30-20-24-9-2-4-12-27(24)28-13-5-6-14-29(28)30/h1-20H. The Labute approximate surface area is 176 Å². The molecule has 6 aromatic carbocycles. The predicted octanol–water partition coefficient (Wildman–Crippen LogP) is 8.48. The predicted molar refractivity (Wildman–Crippen MR) is 130 cm³/mol. The number of rotatable bonds is 2. The second-order valence-electron chi connectivity index (χ2n) is 7.79. The Morgan fingerprint density at radius 2 is 0.833 bits per heavy atom. The first-order chi connectivity index (χ1) is 14.9. The molecule has 0 saturated heterocycles. The Balaban J connectivity index is 1.53. The second kappa shape index (κ2) is 6.86. The number of hydrogen-bond acceptors (Lipinski definition) is 0. The number of hydrogen-bond donors (Lipinski definition) is 0. The topological polar surface area (TPSA) is 0 Å². The van der Waals surface area contributed by atoms with E-state index in [1.54, 1.807) is 0 Å². The van der Waals surface area contributed by atoms with Crippen molar-refractivity contribution < 1.29 is 0 Å². The molecular weight excluding hydrogens is 360 g/mol. The summed E-state index contributed by atoms with van der Waals surface area (Å²) >= 11 is 0. The van der Waals surface area contributed by atoms with Crippen molar-refractivity contribution in [2.75, 3.05) is 0 Å². The molecule has 0 aliphatic rings. The van der Waals surface area contributed by atoms with Crippen LogP contribution in [0.3, 0.4) is 0 Å². The largest absolute Gasteiger partial charge is 0.0616 e. The molecule has 6 aromatic rings. The molecule has 0 radical (unpaired) electrons. The van der Waals surface area contributed by atoms with Gasteiger partial charge < -0.3 is 0 Å². The van der Waals surface area contributed by atoms with Gasteiger partial charge in [-0.25, -0.2) is 0 Å². The van der Waals surface area contributed by atoms with E-state index in [0.29, 0.717) is 0 Å². The Morgan fingerprint density at radius 1 is 0.300 bits per heavy atom. The summed E-state index contributed by atoms with van der Waals surface area (Å²) in [6, 6.07) is 43.8. The fraction of sp³-hybridized carbons (Fsp3) is 0. The average Bonchev–Trinajstić information content (AvgIpc) is 2.83. The fourth-order valence-corrected chi connectivity index (χ4v) is 4.60. The van der Waals surface area contributed by atoms with Crippen molar-refractivity contribution in [1.29, 1.82) is 0 Å². The van der Waals surface area contributed by atoms with Crippen LogP contribution in [-0.4, -0.2) is 0 Å². The molecule has 0 heteroatoms. The van der Waals surface area contributed by atoms with Crippen LogP contribution in [0.1, 0.15) is 0 Å². The molecular formula is C30H20. The molecule has 0 bridgehead atoms. The number of fused-ring (bicyclic) bond motifs is 4. The maximum atomic E-state index is 2.32. The first-order valence-electron chi connectivity index (χ1n) is 10.4. The highest BCUT2D eigenvalue weighted by Gasteiger charge is 2.09. The van der Waals surface area contributed by atoms with E-state index in [2.05, 4.69) is 121 Å². The first kappa shape index (κ1) is 17.0. The molecule has 0 aromatic heterocycles. The lowest BCUT2D eigenvalue weighted by atomic mass is 9.92. The summed E-state index contributed by atoms with van der Waals surface area (Å²) in [5.41, 5.74) is 5.07. The van der Waals surface area contributed by atoms with Gasteiger partial charge in [-0.15, -0.1) is 0 Å². The molecule has 0 heterocycles. The summed E-state index contributed by atoms with van der Waals surface area (Å²) in [5.74, 6) is 0. The van der Waals surface area contributed by atoms with Gasteiger partial charge in [-0.1, -0.05) is 115 Å². The normalized spacial score (nSPS) is 11.3. The summed E-state index contributed by atoms with van der Waals surface area (Å²) in [6.07, 6.45) is 0. The van der Waals surface area contributed by atoms with Crippen LogP contribution in [-0.2, 0) is 0 Å². The second-order valence-corrected chi connectivity index (χ2v) is 7.79. The Morgan fingerprint density at radius 3 is 1.60 bits per heavy atom. The van der Waals surface area contributed by atoms with Crippen LogP contribution < -0.4 is 0 Å². The van der Waals surface area contributed by atoms with Crippen LogP contribution in [0.25, 0.3) is 54.6 Å². The lowest BCUT2D eigenvalue weighted by Crippen LogP contribution is -1.86. The molecule has 0 nitrogen and oxygen atoms in total. The van der Waals surface area contributed by atoms with Crippen LogP contribution in [0.5, 0.6) is 0 Å². The highest BCUT2D eigenvalue weighted by atomic mass is 14.1. The summed E-state index contributed by atoms with van der Waals surface area (Å²) in [5, 5.41) is 7.77. The maximum absolute atomic E-state index is 2.32. The van der Waals surface area contributed by atoms with Gasteiger partial charge in [0, 0.05) is 0 Å². The molecule has 6 rings (SSSR count). The summed E-state index contributed by atoms with van der Waals surface area (Å²) < 4.78 is 0. The summed E-state index contributed by atoms with van der Waals surface area (Å²) in [7, 11) is 0. The van der Waals surface area contributed by atoms with Gasteiger partial charge in [0.05, 0.1) is 0 Å². The van der Waals surface area contributed by atoms with Crippen molar-refractivity contribution in [2.45, 2.75) is 0 Å². The van der Waals surface area contributed by atoms with E-state index >= 15 is 0 Å². The van der Waals surface area contributed by atoms with Gasteiger partial charge in [0.15, 0.2) is 0 Å². The number of benzene rings is 6. The van der Waals surface area contributed by atoms with E-state index in [1.165, 1.54) is 54.6 Å². The van der Waals surface area contributed by atoms with Gasteiger partial charge >= 0.3 is 0 Å². The molecule has 0 aliphatic carbocycles. The third kappa shape index (κ3) is 2.69. The molecule has 0 aliphatic heterocycles. The van der Waals surface area contributed by atoms with Gasteiger partial charge in [-0.05, 0) is 60.6 Å². The minimum Gasteiger partial charge on any atom is -0.0616 e. The molecule has 30 heavy (non-hydrogen) atoms. The molecule has 0 N–H and O–H groups in total. The van der Waals surface area contributed by atoms with Gasteiger partial charge in [0.2, 0.25) is 0 Å². The van der Waals surface area contributed by atoms with Crippen LogP contribution in [0.15, 0.2) is 121 Å². The fourth-order valence-electron chi connectivity index (χ4n) is 4.60. The van der Waals surface area contributed by atoms with Crippen molar-refractivity contribution in [3.05, 3.63) is 121 Å². The summed E-state index contributed by atoms with van der Waals surface area (Å²) in [4.78, 5) is 0. The van der Waals surface area contributed by atoms with E-state index in [9.17, 15) is 0 Å². The van der Waals surface area contributed by atoms with Crippen LogP contribution in [0.4, 0.5) is 0 Å². The Kier molecular flexibility index (Phi) is 3.89. The minimum atomic E-state index is 1.25. The molecule has 0 saturated carbocycles. The molecule has 0 unspecified atom stereocenters. The highest BCUT2D eigenvalue weighted by Crippen LogP contribution is 2.36. The van der Waals surface area contributed by atoms with E-state index < -0.39 is 0 Å². The van der Waals surface area contributed by atoms with Crippen LogP contribution in [0, 0.1) is 0 Å². The molecule has 0 atom stereocenters. The Bertz CT molecular complexity index is 1520. The van der Waals surface area contributed by atoms with Gasteiger partial charge in [0.1, 0.15) is 0 Å². The molecule has 140 valence electrons. The van der Waals surface area contributed by atoms with Gasteiger partial charge in [0.25, 0.3) is 0 Å². The zero-order chi connectivity index (χ0) is 19.9. The molecule has 0 fully saturated rings. The summed E-state index contributed by atoms with van der Waals surface area (Å²) in [6.45, 7) is 0. The third-order valence-corrected chi connectivity index (χ3v) is 6.06. The van der Waals surface area contributed by atoms with E-state index in [4.69, 9.17) is 0 Å². The van der Waals surface area contributed by atoms with Crippen molar-refractivity contribution >= 4 is 32.3 Å². The van der Waals surface area contributed by atoms with Crippen LogP contribution >= 0.6 is 0 Å². The van der Waals surface area contributed by atoms with Gasteiger partial charge in [-0.2, -0.15) is 0 Å². The first-order valence-corrected chi connectivity index (χ1v) is 10.4. The smallest absolute Gasteiger partial charge is 0.00990 e. The minimum absolute atomic E-state index is 1.25. The molecule has 0 amide bonds. The van der Waals surface area contributed by atoms with E-state index in [-0.39, 0.29) is 0 Å². The molecule has 0 spiro atoms. The monoisotopic (exact) mass is 380 g/mol. The van der Waals surface area contributed by atoms with Crippen LogP contribution in [0.2, 0.25) is 0 Å². The highest BCUT2D eigenvalue weighted by molar-refractivity contribution is 6.13. The third-order valence-electron chi connectivity index (χ3n) is 6.06. The SMILES string of the molecule is c1ccc2c(-c3ccc(-c4cc5ccccc5c5ccccc45)cc3)cccc2c1. The average molecular weight is 380 g/mol. The lowest BCUT2D eigenvalue weighted by molar-refractivity contribution is 1.63. The zero-order valence-corrected chi connectivity index (χ0v) is 16.5. The Hall–Kier alpha value is -3.90. The van der Waals surface area contributed by atoms with E-state index in [1.807, 2.05) is 0 Å². The van der Waals surface area contributed by atoms with E-state index in [0.717, 1.165) is 0 Å². The maximum Gasteiger partial charge on any atom is -0.00990 e. The van der Waals surface area contributed by atoms with Crippen molar-refractivity contribution in [2.24, 2.45) is 0 Å². The van der Waals surface area contributed by atoms with Crippen molar-refractivity contribution in [1.82, 2.24) is 0 Å². The quantitative estimate of drug-likeness (QED) is 0.264. The van der Waals surface area contributed by atoms with Crippen molar-refractivity contribution in [3.63, 3.8) is 0 Å². The lowest BCUT2D eigenvalue weighted by Gasteiger charge is -2.12. The van der Waals surface area contributed by atoms with Gasteiger partial charge in [-0.3, -0.25) is 0 Å².